The number of alkyl halides is 9. The largest absolute Gasteiger partial charge is 0.435 e. The second-order valence-corrected chi connectivity index (χ2v) is 7.56. The average molecular weight is 431 g/mol. The number of nitrogens with zero attached hydrogens (tertiary/aromatic N) is 1. The molecule has 2 saturated heterocycles. The van der Waals surface area contributed by atoms with Gasteiger partial charge in [-0.15, -0.1) is 0 Å². The van der Waals surface area contributed by atoms with Gasteiger partial charge >= 0.3 is 24.1 Å². The first kappa shape index (κ1) is 23.5. The van der Waals surface area contributed by atoms with Gasteiger partial charge in [0.25, 0.3) is 0 Å². The van der Waals surface area contributed by atoms with E-state index >= 15 is 0 Å². The molecule has 2 fully saturated rings. The van der Waals surface area contributed by atoms with Crippen molar-refractivity contribution in [3.63, 3.8) is 0 Å². The molecule has 0 N–H and O–H groups in total. The van der Waals surface area contributed by atoms with Crippen LogP contribution < -0.4 is 0 Å². The summed E-state index contributed by atoms with van der Waals surface area (Å²) < 4.78 is 126. The molecule has 0 bridgehead atoms. The highest BCUT2D eigenvalue weighted by atomic mass is 19.4. The Morgan fingerprint density at radius 3 is 1.93 bits per heavy atom. The van der Waals surface area contributed by atoms with Crippen LogP contribution in [-0.2, 0) is 9.47 Å². The van der Waals surface area contributed by atoms with E-state index in [1.54, 1.807) is 18.7 Å². The SMILES string of the molecule is CC(C)OC[C@@]12CCCN1[C@H](COC(C(F)(F)F)(C(F)(F)F)C(F)(F)F)CC2. The van der Waals surface area contributed by atoms with Gasteiger partial charge in [0.15, 0.2) is 0 Å². The fourth-order valence-electron chi connectivity index (χ4n) is 4.06. The van der Waals surface area contributed by atoms with Gasteiger partial charge < -0.3 is 9.47 Å². The molecule has 0 spiro atoms. The minimum Gasteiger partial charge on any atom is -0.377 e. The van der Waals surface area contributed by atoms with E-state index in [0.29, 0.717) is 25.8 Å². The van der Waals surface area contributed by atoms with Crippen LogP contribution in [0.5, 0.6) is 0 Å². The van der Waals surface area contributed by atoms with Crippen molar-refractivity contribution < 1.29 is 49.0 Å². The maximum absolute atomic E-state index is 13.0. The maximum atomic E-state index is 13.0. The van der Waals surface area contributed by atoms with E-state index < -0.39 is 42.3 Å². The molecule has 0 aromatic heterocycles. The molecule has 28 heavy (non-hydrogen) atoms. The average Bonchev–Trinajstić information content (AvgIpc) is 3.01. The Morgan fingerprint density at radius 2 is 1.46 bits per heavy atom. The fraction of sp³-hybridized carbons (Fsp3) is 1.00. The Labute approximate surface area is 156 Å². The highest BCUT2D eigenvalue weighted by Gasteiger charge is 2.85. The summed E-state index contributed by atoms with van der Waals surface area (Å²) in [5.74, 6) is 0. The lowest BCUT2D eigenvalue weighted by molar-refractivity contribution is -0.458. The molecule has 0 unspecified atom stereocenters. The van der Waals surface area contributed by atoms with E-state index in [0.717, 1.165) is 0 Å². The van der Waals surface area contributed by atoms with E-state index in [2.05, 4.69) is 4.74 Å². The third-order valence-electron chi connectivity index (χ3n) is 5.41. The van der Waals surface area contributed by atoms with Crippen LogP contribution in [0, 0.1) is 0 Å². The van der Waals surface area contributed by atoms with Crippen LogP contribution in [0.1, 0.15) is 39.5 Å². The molecule has 0 amide bonds. The molecule has 2 aliphatic rings. The summed E-state index contributed by atoms with van der Waals surface area (Å²) in [6.07, 6.45) is -18.5. The highest BCUT2D eigenvalue weighted by Crippen LogP contribution is 2.55. The monoisotopic (exact) mass is 431 g/mol. The molecule has 2 rings (SSSR count). The Kier molecular flexibility index (Phi) is 6.30. The smallest absolute Gasteiger partial charge is 0.377 e. The molecular formula is C16H22F9NO2. The van der Waals surface area contributed by atoms with Crippen LogP contribution >= 0.6 is 0 Å². The molecule has 12 heteroatoms. The van der Waals surface area contributed by atoms with Crippen molar-refractivity contribution in [2.24, 2.45) is 0 Å². The van der Waals surface area contributed by atoms with Crippen LogP contribution in [0.3, 0.4) is 0 Å². The van der Waals surface area contributed by atoms with Crippen molar-refractivity contribution in [3.8, 4) is 0 Å². The van der Waals surface area contributed by atoms with E-state index in [1.807, 2.05) is 0 Å². The second-order valence-electron chi connectivity index (χ2n) is 7.56. The van der Waals surface area contributed by atoms with Crippen LogP contribution in [0.2, 0.25) is 0 Å². The van der Waals surface area contributed by atoms with Crippen molar-refractivity contribution in [1.82, 2.24) is 4.90 Å². The Hall–Kier alpha value is -0.750. The van der Waals surface area contributed by atoms with E-state index in [4.69, 9.17) is 4.74 Å². The lowest BCUT2D eigenvalue weighted by atomic mass is 9.95. The third kappa shape index (κ3) is 3.96. The number of halogens is 9. The summed E-state index contributed by atoms with van der Waals surface area (Å²) in [6, 6.07) is -0.982. The lowest BCUT2D eigenvalue weighted by Gasteiger charge is -2.40. The minimum atomic E-state index is -6.70. The summed E-state index contributed by atoms with van der Waals surface area (Å²) in [7, 11) is 0. The summed E-state index contributed by atoms with van der Waals surface area (Å²) in [5, 5.41) is 0. The molecular weight excluding hydrogens is 409 g/mol. The quantitative estimate of drug-likeness (QED) is 0.562. The highest BCUT2D eigenvalue weighted by molar-refractivity contribution is 5.06. The van der Waals surface area contributed by atoms with Gasteiger partial charge in [-0.3, -0.25) is 4.90 Å². The van der Waals surface area contributed by atoms with Crippen molar-refractivity contribution in [3.05, 3.63) is 0 Å². The van der Waals surface area contributed by atoms with Gasteiger partial charge in [0.2, 0.25) is 0 Å². The van der Waals surface area contributed by atoms with Gasteiger partial charge in [0, 0.05) is 11.6 Å². The number of rotatable bonds is 6. The molecule has 3 nitrogen and oxygen atoms in total. The number of hydrogen-bond donors (Lipinski definition) is 0. The number of fused-ring (bicyclic) bond motifs is 1. The number of hydrogen-bond acceptors (Lipinski definition) is 3. The van der Waals surface area contributed by atoms with Gasteiger partial charge in [0.1, 0.15) is 0 Å². The summed E-state index contributed by atoms with van der Waals surface area (Å²) in [6.45, 7) is 2.78. The molecule has 0 radical (unpaired) electrons. The molecule has 0 aliphatic carbocycles. The molecule has 2 heterocycles. The summed E-state index contributed by atoms with van der Waals surface area (Å²) >= 11 is 0. The predicted molar refractivity (Wildman–Crippen MR) is 79.6 cm³/mol. The Morgan fingerprint density at radius 1 is 0.929 bits per heavy atom. The topological polar surface area (TPSA) is 21.7 Å². The van der Waals surface area contributed by atoms with Crippen molar-refractivity contribution in [1.29, 1.82) is 0 Å². The molecule has 0 aromatic rings. The van der Waals surface area contributed by atoms with Gasteiger partial charge in [-0.1, -0.05) is 0 Å². The van der Waals surface area contributed by atoms with Crippen LogP contribution in [-0.4, -0.2) is 66.5 Å². The first-order valence-electron chi connectivity index (χ1n) is 8.80. The van der Waals surface area contributed by atoms with E-state index in [1.165, 1.54) is 0 Å². The normalized spacial score (nSPS) is 27.6. The Balaban J connectivity index is 2.23. The maximum Gasteiger partial charge on any atom is 0.435 e. The molecule has 2 atom stereocenters. The number of ether oxygens (including phenoxy) is 2. The van der Waals surface area contributed by atoms with Gasteiger partial charge in [0.05, 0.1) is 19.3 Å². The Bertz CT molecular complexity index is 508. The predicted octanol–water partition coefficient (Wildman–Crippen LogP) is 4.85. The molecule has 166 valence electrons. The van der Waals surface area contributed by atoms with Crippen LogP contribution in [0.25, 0.3) is 0 Å². The first-order valence-corrected chi connectivity index (χ1v) is 8.80. The first-order chi connectivity index (χ1) is 12.6. The van der Waals surface area contributed by atoms with Crippen molar-refractivity contribution in [2.45, 2.75) is 81.3 Å². The van der Waals surface area contributed by atoms with Crippen LogP contribution in [0.4, 0.5) is 39.5 Å². The zero-order chi connectivity index (χ0) is 21.6. The van der Waals surface area contributed by atoms with E-state index in [-0.39, 0.29) is 19.1 Å². The zero-order valence-electron chi connectivity index (χ0n) is 15.3. The third-order valence-corrected chi connectivity index (χ3v) is 5.41. The van der Waals surface area contributed by atoms with Crippen molar-refractivity contribution in [2.75, 3.05) is 19.8 Å². The second kappa shape index (κ2) is 7.50. The van der Waals surface area contributed by atoms with Gasteiger partial charge in [-0.25, -0.2) is 0 Å². The lowest BCUT2D eigenvalue weighted by Crippen LogP contribution is -2.68. The van der Waals surface area contributed by atoms with E-state index in [9.17, 15) is 39.5 Å². The summed E-state index contributed by atoms with van der Waals surface area (Å²) in [4.78, 5) is 1.64. The standard InChI is InChI=1S/C16H22F9NO2/c1-10(2)27-9-12-5-3-7-26(12)11(4-6-12)8-28-13(14(17,18)19,15(20,21)22)16(23,24)25/h10-11H,3-9H2,1-2H3/t11-,12-/m0/s1. The minimum absolute atomic E-state index is 0.130. The van der Waals surface area contributed by atoms with Crippen molar-refractivity contribution >= 4 is 0 Å². The molecule has 0 aromatic carbocycles. The van der Waals surface area contributed by atoms with Crippen LogP contribution in [0.15, 0.2) is 0 Å². The zero-order valence-corrected chi connectivity index (χ0v) is 15.3. The molecule has 2 aliphatic heterocycles. The summed E-state index contributed by atoms with van der Waals surface area (Å²) in [5.41, 5.74) is -6.80. The van der Waals surface area contributed by atoms with Gasteiger partial charge in [-0.05, 0) is 46.1 Å². The van der Waals surface area contributed by atoms with Gasteiger partial charge in [-0.2, -0.15) is 39.5 Å². The fourth-order valence-corrected chi connectivity index (χ4v) is 4.06. The molecule has 0 saturated carbocycles.